The van der Waals surface area contributed by atoms with Gasteiger partial charge < -0.3 is 9.47 Å². The predicted molar refractivity (Wildman–Crippen MR) is 98.8 cm³/mol. The number of hydrogen-bond acceptors (Lipinski definition) is 4. The lowest BCUT2D eigenvalue weighted by Crippen LogP contribution is -2.27. The van der Waals surface area contributed by atoms with Crippen molar-refractivity contribution in [2.75, 3.05) is 13.2 Å². The number of hydrogen-bond donors (Lipinski definition) is 0. The Balaban J connectivity index is 1.53. The smallest absolute Gasteiger partial charge is 0.338 e. The van der Waals surface area contributed by atoms with Crippen LogP contribution in [0.5, 0.6) is 0 Å². The van der Waals surface area contributed by atoms with Crippen LogP contribution in [0.1, 0.15) is 33.6 Å². The van der Waals surface area contributed by atoms with Gasteiger partial charge in [0.1, 0.15) is 0 Å². The standard InChI is InChI=1S/C22H22O4/c23-21(17-9-3-1-4-10-17)25-15-19-13-7-8-14-20(19)16-26-22(24)18-11-5-2-6-12-18/h1-7,9-13,19-20H,8,14-16H2/t19-,20-/m0/s1. The van der Waals surface area contributed by atoms with Crippen molar-refractivity contribution >= 4 is 11.9 Å². The maximum absolute atomic E-state index is 12.1. The van der Waals surface area contributed by atoms with Crippen molar-refractivity contribution in [1.29, 1.82) is 0 Å². The molecule has 0 fully saturated rings. The second kappa shape index (κ2) is 8.99. The van der Waals surface area contributed by atoms with Crippen molar-refractivity contribution in [3.63, 3.8) is 0 Å². The van der Waals surface area contributed by atoms with Gasteiger partial charge in [0.25, 0.3) is 0 Å². The van der Waals surface area contributed by atoms with Gasteiger partial charge in [-0.2, -0.15) is 0 Å². The van der Waals surface area contributed by atoms with Gasteiger partial charge in [-0.25, -0.2) is 9.59 Å². The Morgan fingerprint density at radius 3 is 1.92 bits per heavy atom. The van der Waals surface area contributed by atoms with E-state index in [0.29, 0.717) is 17.7 Å². The van der Waals surface area contributed by atoms with Crippen LogP contribution < -0.4 is 0 Å². The maximum atomic E-state index is 12.1. The molecule has 4 heteroatoms. The number of esters is 2. The quantitative estimate of drug-likeness (QED) is 0.576. The molecule has 2 aromatic rings. The van der Waals surface area contributed by atoms with Crippen molar-refractivity contribution in [1.82, 2.24) is 0 Å². The molecule has 0 bridgehead atoms. The fourth-order valence-electron chi connectivity index (χ4n) is 3.02. The Morgan fingerprint density at radius 2 is 1.35 bits per heavy atom. The molecule has 26 heavy (non-hydrogen) atoms. The lowest BCUT2D eigenvalue weighted by atomic mass is 9.85. The highest BCUT2D eigenvalue weighted by atomic mass is 16.5. The summed E-state index contributed by atoms with van der Waals surface area (Å²) in [5.41, 5.74) is 1.09. The minimum absolute atomic E-state index is 0.0555. The molecular formula is C22H22O4. The zero-order valence-corrected chi connectivity index (χ0v) is 14.5. The number of ether oxygens (including phenoxy) is 2. The first-order valence-electron chi connectivity index (χ1n) is 8.85. The highest BCUT2D eigenvalue weighted by Gasteiger charge is 2.25. The normalized spacial score (nSPS) is 18.9. The van der Waals surface area contributed by atoms with Gasteiger partial charge in [-0.3, -0.25) is 0 Å². The van der Waals surface area contributed by atoms with Crippen molar-refractivity contribution in [2.24, 2.45) is 11.8 Å². The van der Waals surface area contributed by atoms with Gasteiger partial charge in [-0.05, 0) is 37.1 Å². The third-order valence-electron chi connectivity index (χ3n) is 4.55. The molecule has 0 spiro atoms. The first-order valence-corrected chi connectivity index (χ1v) is 8.85. The highest BCUT2D eigenvalue weighted by Crippen LogP contribution is 2.26. The first kappa shape index (κ1) is 17.9. The van der Waals surface area contributed by atoms with E-state index in [9.17, 15) is 9.59 Å². The lowest BCUT2D eigenvalue weighted by molar-refractivity contribution is 0.0260. The van der Waals surface area contributed by atoms with Gasteiger partial charge in [0.2, 0.25) is 0 Å². The number of allylic oxidation sites excluding steroid dienone is 1. The Hall–Kier alpha value is -2.88. The van der Waals surface area contributed by atoms with E-state index in [0.717, 1.165) is 12.8 Å². The van der Waals surface area contributed by atoms with E-state index in [1.54, 1.807) is 24.3 Å². The monoisotopic (exact) mass is 350 g/mol. The molecule has 0 saturated heterocycles. The molecule has 2 atom stereocenters. The summed E-state index contributed by atoms with van der Waals surface area (Å²) < 4.78 is 10.9. The van der Waals surface area contributed by atoms with E-state index >= 15 is 0 Å². The second-order valence-electron chi connectivity index (χ2n) is 6.36. The van der Waals surface area contributed by atoms with Crippen LogP contribution >= 0.6 is 0 Å². The molecule has 0 radical (unpaired) electrons. The fraction of sp³-hybridized carbons (Fsp3) is 0.273. The minimum atomic E-state index is -0.329. The zero-order chi connectivity index (χ0) is 18.2. The summed E-state index contributed by atoms with van der Waals surface area (Å²) in [5.74, 6) is -0.444. The molecular weight excluding hydrogens is 328 g/mol. The Morgan fingerprint density at radius 1 is 0.808 bits per heavy atom. The molecule has 0 unspecified atom stereocenters. The third-order valence-corrected chi connectivity index (χ3v) is 4.55. The van der Waals surface area contributed by atoms with Crippen molar-refractivity contribution in [2.45, 2.75) is 12.8 Å². The van der Waals surface area contributed by atoms with E-state index < -0.39 is 0 Å². The van der Waals surface area contributed by atoms with Gasteiger partial charge in [0.05, 0.1) is 24.3 Å². The molecule has 1 aliphatic carbocycles. The molecule has 0 saturated carbocycles. The molecule has 0 N–H and O–H groups in total. The fourth-order valence-corrected chi connectivity index (χ4v) is 3.02. The van der Waals surface area contributed by atoms with Crippen LogP contribution in [0.15, 0.2) is 72.8 Å². The Labute approximate surface area is 153 Å². The Bertz CT molecular complexity index is 752. The summed E-state index contributed by atoms with van der Waals surface area (Å²) in [5, 5.41) is 0. The van der Waals surface area contributed by atoms with Crippen LogP contribution in [-0.4, -0.2) is 25.2 Å². The molecule has 0 aromatic heterocycles. The van der Waals surface area contributed by atoms with Gasteiger partial charge in [0.15, 0.2) is 0 Å². The van der Waals surface area contributed by atoms with Crippen molar-refractivity contribution < 1.29 is 19.1 Å². The molecule has 134 valence electrons. The molecule has 0 aliphatic heterocycles. The largest absolute Gasteiger partial charge is 0.462 e. The molecule has 1 aliphatic rings. The zero-order valence-electron chi connectivity index (χ0n) is 14.5. The summed E-state index contributed by atoms with van der Waals surface area (Å²) in [6, 6.07) is 17.9. The predicted octanol–water partition coefficient (Wildman–Crippen LogP) is 4.28. The number of carbonyl (C=O) groups is 2. The van der Waals surface area contributed by atoms with Crippen molar-refractivity contribution in [3.05, 3.63) is 83.9 Å². The van der Waals surface area contributed by atoms with Crippen LogP contribution in [0.3, 0.4) is 0 Å². The van der Waals surface area contributed by atoms with Crippen LogP contribution in [0, 0.1) is 11.8 Å². The number of carbonyl (C=O) groups excluding carboxylic acids is 2. The SMILES string of the molecule is O=C(OC[C@@H]1CCC=C[C@H]1COC(=O)c1ccccc1)c1ccccc1. The first-order chi connectivity index (χ1) is 12.7. The summed E-state index contributed by atoms with van der Waals surface area (Å²) >= 11 is 0. The summed E-state index contributed by atoms with van der Waals surface area (Å²) in [6.45, 7) is 0.614. The molecule has 2 aromatic carbocycles. The lowest BCUT2D eigenvalue weighted by Gasteiger charge is -2.27. The topological polar surface area (TPSA) is 52.6 Å². The highest BCUT2D eigenvalue weighted by molar-refractivity contribution is 5.89. The van der Waals surface area contributed by atoms with Gasteiger partial charge in [-0.1, -0.05) is 48.6 Å². The average Bonchev–Trinajstić information content (AvgIpc) is 2.72. The van der Waals surface area contributed by atoms with E-state index in [-0.39, 0.29) is 30.4 Å². The van der Waals surface area contributed by atoms with Crippen LogP contribution in [-0.2, 0) is 9.47 Å². The molecule has 0 heterocycles. The number of benzene rings is 2. The van der Waals surface area contributed by atoms with Crippen LogP contribution in [0.2, 0.25) is 0 Å². The molecule has 0 amide bonds. The summed E-state index contributed by atoms with van der Waals surface area (Å²) in [6.07, 6.45) is 6.00. The molecule has 4 nitrogen and oxygen atoms in total. The maximum Gasteiger partial charge on any atom is 0.338 e. The van der Waals surface area contributed by atoms with Gasteiger partial charge >= 0.3 is 11.9 Å². The van der Waals surface area contributed by atoms with Gasteiger partial charge in [0, 0.05) is 11.8 Å². The minimum Gasteiger partial charge on any atom is -0.462 e. The third kappa shape index (κ3) is 4.82. The van der Waals surface area contributed by atoms with E-state index in [1.165, 1.54) is 0 Å². The second-order valence-corrected chi connectivity index (χ2v) is 6.36. The number of rotatable bonds is 6. The Kier molecular flexibility index (Phi) is 6.20. The summed E-state index contributed by atoms with van der Waals surface area (Å²) in [7, 11) is 0. The van der Waals surface area contributed by atoms with Crippen molar-refractivity contribution in [3.8, 4) is 0 Å². The van der Waals surface area contributed by atoms with Gasteiger partial charge in [-0.15, -0.1) is 0 Å². The van der Waals surface area contributed by atoms with E-state index in [2.05, 4.69) is 12.2 Å². The van der Waals surface area contributed by atoms with Crippen LogP contribution in [0.4, 0.5) is 0 Å². The van der Waals surface area contributed by atoms with E-state index in [4.69, 9.17) is 9.47 Å². The van der Waals surface area contributed by atoms with Crippen LogP contribution in [0.25, 0.3) is 0 Å². The van der Waals surface area contributed by atoms with E-state index in [1.807, 2.05) is 36.4 Å². The molecule has 3 rings (SSSR count). The summed E-state index contributed by atoms with van der Waals surface area (Å²) in [4.78, 5) is 24.2. The average molecular weight is 350 g/mol.